The van der Waals surface area contributed by atoms with Crippen LogP contribution >= 0.6 is 0 Å². The van der Waals surface area contributed by atoms with Gasteiger partial charge in [0.15, 0.2) is 0 Å². The van der Waals surface area contributed by atoms with E-state index in [0.717, 1.165) is 124 Å². The lowest BCUT2D eigenvalue weighted by Gasteiger charge is -2.44. The first-order valence-electron chi connectivity index (χ1n) is 45.3. The monoisotopic (exact) mass is 1390 g/mol. The third-order valence-corrected chi connectivity index (χ3v) is 31.4. The van der Waals surface area contributed by atoms with Gasteiger partial charge in [-0.25, -0.2) is 0 Å². The van der Waals surface area contributed by atoms with E-state index in [-0.39, 0.29) is 0 Å². The smallest absolute Gasteiger partial charge is 0.0302 e. The van der Waals surface area contributed by atoms with E-state index >= 15 is 0 Å². The van der Waals surface area contributed by atoms with Crippen LogP contribution in [0, 0.1) is 168 Å². The Morgan fingerprint density at radius 1 is 0.232 bits per heavy atom. The summed E-state index contributed by atoms with van der Waals surface area (Å²) in [4.78, 5) is 0. The average molecular weight is 1390 g/mol. The summed E-state index contributed by atoms with van der Waals surface area (Å²) in [7, 11) is 0. The summed E-state index contributed by atoms with van der Waals surface area (Å²) in [5.41, 5.74) is 5.13. The fourth-order valence-corrected chi connectivity index (χ4v) is 20.7. The van der Waals surface area contributed by atoms with Crippen molar-refractivity contribution in [1.29, 1.82) is 0 Å². The van der Waals surface area contributed by atoms with Gasteiger partial charge in [0.1, 0.15) is 0 Å². The molecule has 0 bridgehead atoms. The second-order valence-corrected chi connectivity index (χ2v) is 46.0. The molecule has 0 nitrogen and oxygen atoms in total. The van der Waals surface area contributed by atoms with Gasteiger partial charge in [-0.2, -0.15) is 0 Å². The fraction of sp³-hybridized carbons (Fsp3) is 1.00. The van der Waals surface area contributed by atoms with Gasteiger partial charge >= 0.3 is 0 Å². The van der Waals surface area contributed by atoms with Crippen LogP contribution < -0.4 is 0 Å². The molecule has 10 aliphatic rings. The Hall–Kier alpha value is 0. The van der Waals surface area contributed by atoms with Crippen molar-refractivity contribution < 1.29 is 0 Å². The van der Waals surface area contributed by atoms with Crippen molar-refractivity contribution in [2.75, 3.05) is 0 Å². The topological polar surface area (TPSA) is 0 Å². The average Bonchev–Trinajstić information content (AvgIpc) is 1.80. The summed E-state index contributed by atoms with van der Waals surface area (Å²) in [5.74, 6) is 20.2. The normalized spacial score (nSPS) is 31.6. The van der Waals surface area contributed by atoms with Crippen LogP contribution in [0.5, 0.6) is 0 Å². The van der Waals surface area contributed by atoms with Crippen molar-refractivity contribution in [2.45, 2.75) is 468 Å². The summed E-state index contributed by atoms with van der Waals surface area (Å²) in [6.07, 6.45) is 48.1. The molecule has 10 fully saturated rings. The van der Waals surface area contributed by atoms with Crippen LogP contribution in [-0.4, -0.2) is 0 Å². The van der Waals surface area contributed by atoms with Crippen molar-refractivity contribution in [3.8, 4) is 0 Å². The number of hydrogen-bond acceptors (Lipinski definition) is 0. The predicted octanol–water partition coefficient (Wildman–Crippen LogP) is 34.4. The van der Waals surface area contributed by atoms with Crippen molar-refractivity contribution >= 4 is 0 Å². The molecule has 0 radical (unpaired) electrons. The maximum atomic E-state index is 2.47. The van der Waals surface area contributed by atoms with Gasteiger partial charge in [0.2, 0.25) is 0 Å². The Labute approximate surface area is 631 Å². The minimum Gasteiger partial charge on any atom is -0.0625 e. The molecule has 0 spiro atoms. The van der Waals surface area contributed by atoms with Crippen LogP contribution in [0.25, 0.3) is 0 Å². The van der Waals surface area contributed by atoms with Gasteiger partial charge in [-0.15, -0.1) is 0 Å². The highest BCUT2D eigenvalue weighted by molar-refractivity contribution is 4.91. The van der Waals surface area contributed by atoms with Crippen molar-refractivity contribution in [2.24, 2.45) is 168 Å². The molecule has 0 aromatic heterocycles. The van der Waals surface area contributed by atoms with Crippen LogP contribution in [0.3, 0.4) is 0 Å². The molecule has 0 saturated heterocycles. The second-order valence-electron chi connectivity index (χ2n) is 46.0. The Morgan fingerprint density at radius 3 is 0.677 bits per heavy atom. The maximum Gasteiger partial charge on any atom is -0.0302 e. The van der Waals surface area contributed by atoms with Gasteiger partial charge in [0.25, 0.3) is 0 Å². The van der Waals surface area contributed by atoms with E-state index in [9.17, 15) is 0 Å². The van der Waals surface area contributed by atoms with Crippen LogP contribution in [0.1, 0.15) is 468 Å². The summed E-state index contributed by atoms with van der Waals surface area (Å²) < 4.78 is 0. The van der Waals surface area contributed by atoms with E-state index in [1.54, 1.807) is 0 Å². The number of rotatable bonds is 10. The predicted molar refractivity (Wildman–Crippen MR) is 455 cm³/mol. The van der Waals surface area contributed by atoms with Gasteiger partial charge in [-0.05, 0) is 322 Å². The lowest BCUT2D eigenvalue weighted by Crippen LogP contribution is -2.32. The van der Waals surface area contributed by atoms with Crippen molar-refractivity contribution in [3.05, 3.63) is 0 Å². The molecule has 11 atom stereocenters. The molecule has 0 amide bonds. The van der Waals surface area contributed by atoms with E-state index in [4.69, 9.17) is 0 Å². The molecule has 10 aliphatic carbocycles. The van der Waals surface area contributed by atoms with Crippen LogP contribution in [0.2, 0.25) is 0 Å². The molecule has 10 saturated carbocycles. The lowest BCUT2D eigenvalue weighted by atomic mass is 9.62. The van der Waals surface area contributed by atoms with E-state index in [1.165, 1.54) is 212 Å². The molecular formula is C99H198. The molecule has 11 unspecified atom stereocenters. The van der Waals surface area contributed by atoms with Crippen LogP contribution in [0.4, 0.5) is 0 Å². The van der Waals surface area contributed by atoms with E-state index in [0.29, 0.717) is 43.3 Å². The molecular weight excluding hydrogens is 1190 g/mol. The molecule has 99 heavy (non-hydrogen) atoms. The zero-order valence-corrected chi connectivity index (χ0v) is 76.5. The molecule has 0 N–H and O–H groups in total. The first-order valence-corrected chi connectivity index (χ1v) is 45.3. The third-order valence-electron chi connectivity index (χ3n) is 31.4. The van der Waals surface area contributed by atoms with E-state index in [2.05, 4.69) is 256 Å². The highest BCUT2D eigenvalue weighted by Crippen LogP contribution is 2.52. The largest absolute Gasteiger partial charge is 0.0625 e. The minimum atomic E-state index is 0.619. The summed E-state index contributed by atoms with van der Waals surface area (Å²) in [6, 6.07) is 0. The van der Waals surface area contributed by atoms with Gasteiger partial charge in [0.05, 0.1) is 0 Å². The Balaban J connectivity index is 0.000000551. The first-order chi connectivity index (χ1) is 45.3. The van der Waals surface area contributed by atoms with Gasteiger partial charge < -0.3 is 0 Å². The van der Waals surface area contributed by atoms with Gasteiger partial charge in [-0.3, -0.25) is 0 Å². The number of hydrogen-bond donors (Lipinski definition) is 0. The Bertz CT molecular complexity index is 1880. The zero-order chi connectivity index (χ0) is 76.5. The van der Waals surface area contributed by atoms with Crippen LogP contribution in [-0.2, 0) is 0 Å². The van der Waals surface area contributed by atoms with Gasteiger partial charge in [0, 0.05) is 0 Å². The van der Waals surface area contributed by atoms with E-state index < -0.39 is 0 Å². The first kappa shape index (κ1) is 97.0. The molecule has 10 rings (SSSR count). The summed E-state index contributed by atoms with van der Waals surface area (Å²) in [6.45, 7) is 88.1. The minimum absolute atomic E-state index is 0.619. The molecule has 594 valence electrons. The Kier molecular flexibility index (Phi) is 43.6. The molecule has 0 aliphatic heterocycles. The summed E-state index contributed by atoms with van der Waals surface area (Å²) in [5, 5.41) is 0. The van der Waals surface area contributed by atoms with Crippen molar-refractivity contribution in [3.63, 3.8) is 0 Å². The van der Waals surface area contributed by atoms with Gasteiger partial charge in [-0.1, -0.05) is 314 Å². The molecule has 0 heteroatoms. The Morgan fingerprint density at radius 2 is 0.535 bits per heavy atom. The standard InChI is InChI=1S/2C12H24.3C10H20.5C9H18/c2*1-10(2)12(5)8-6-11(3,4)7-9-12;2*1-8(2)9-5-6-10(3,4)7-9;1-8(2)9-6-5-7-10(9,3)4;2*1-7(2)9-5-4-8(3)6-9;1-8(2)9(3)6-4-5-7-9;2*1-7(2)9-6-4-5-8(9)3/h2*10H,6-9H2,1-5H3;3*8-9H,5-7H2,1-4H3;2*7-9H,4-6H2,1-3H3;8H,4-7H2,1-3H3;2*7-9H,4-6H2,1-3H3. The highest BCUT2D eigenvalue weighted by Gasteiger charge is 2.40. The molecule has 0 aromatic carbocycles. The maximum absolute atomic E-state index is 2.47. The quantitative estimate of drug-likeness (QED) is 0.205. The SMILES string of the molecule is CC(C)C1(C)CCC(C)(C)CC1.CC(C)C1(C)CCC(C)(C)CC1.CC(C)C1(C)CCCC1.CC(C)C1CCC(C)(C)C1.CC(C)C1CCC(C)(C)C1.CC(C)C1CCCC1(C)C.CC(C)C1CCCC1C.CC(C)C1CCCC1C.CC1CCC(C(C)C)C1.CC1CCC(C(C)C)C1. The van der Waals surface area contributed by atoms with Crippen LogP contribution in [0.15, 0.2) is 0 Å². The third kappa shape index (κ3) is 37.1. The zero-order valence-electron chi connectivity index (χ0n) is 76.5. The highest BCUT2D eigenvalue weighted by atomic mass is 14.5. The van der Waals surface area contributed by atoms with E-state index in [1.807, 2.05) is 0 Å². The lowest BCUT2D eigenvalue weighted by molar-refractivity contribution is 0.0750. The molecule has 0 aromatic rings. The summed E-state index contributed by atoms with van der Waals surface area (Å²) >= 11 is 0. The van der Waals surface area contributed by atoms with Crippen molar-refractivity contribution in [1.82, 2.24) is 0 Å². The fourth-order valence-electron chi connectivity index (χ4n) is 20.7. The molecule has 0 heterocycles. The second kappa shape index (κ2) is 44.5.